The van der Waals surface area contributed by atoms with E-state index >= 15 is 0 Å². The zero-order chi connectivity index (χ0) is 26.0. The normalized spacial score (nSPS) is 11.8. The zero-order valence-corrected chi connectivity index (χ0v) is 20.2. The summed E-state index contributed by atoms with van der Waals surface area (Å²) in [4.78, 5) is 11.2. The Balaban J connectivity index is 0.000000784. The van der Waals surface area contributed by atoms with Crippen molar-refractivity contribution in [2.24, 2.45) is 5.73 Å². The van der Waals surface area contributed by atoms with Crippen molar-refractivity contribution in [2.75, 3.05) is 6.26 Å². The van der Waals surface area contributed by atoms with Crippen LogP contribution in [0, 0.1) is 11.6 Å². The molecule has 0 saturated carbocycles. The first-order valence-corrected chi connectivity index (χ1v) is 12.4. The van der Waals surface area contributed by atoms with Gasteiger partial charge in [-0.25, -0.2) is 8.78 Å². The summed E-state index contributed by atoms with van der Waals surface area (Å²) in [5, 5.41) is 3.07. The molecule has 3 rings (SSSR count). The van der Waals surface area contributed by atoms with Crippen LogP contribution in [0.5, 0.6) is 5.75 Å². The van der Waals surface area contributed by atoms with Crippen LogP contribution < -0.4 is 15.8 Å². The van der Waals surface area contributed by atoms with E-state index in [1.54, 1.807) is 25.1 Å². The lowest BCUT2D eigenvalue weighted by atomic mass is 10.0. The van der Waals surface area contributed by atoms with Crippen LogP contribution in [0.4, 0.5) is 8.78 Å². The Morgan fingerprint density at radius 3 is 2.14 bits per heavy atom. The number of ether oxygens (including phenoxy) is 1. The number of nitrogens with one attached hydrogen (secondary N) is 1. The first kappa shape index (κ1) is 27.9. The number of hydrogen-bond acceptors (Lipinski definition) is 5. The van der Waals surface area contributed by atoms with Gasteiger partial charge in [0, 0.05) is 13.0 Å². The fraction of sp³-hybridized carbons (Fsp3) is 0.240. The monoisotopic (exact) mass is 506 g/mol. The summed E-state index contributed by atoms with van der Waals surface area (Å²) in [6, 6.07) is 17.8. The maximum atomic E-state index is 13.6. The van der Waals surface area contributed by atoms with E-state index in [0.29, 0.717) is 30.5 Å². The maximum absolute atomic E-state index is 13.6. The Morgan fingerprint density at radius 2 is 1.57 bits per heavy atom. The third kappa shape index (κ3) is 11.1. The van der Waals surface area contributed by atoms with E-state index in [0.717, 1.165) is 16.7 Å². The van der Waals surface area contributed by atoms with E-state index in [1.807, 2.05) is 24.3 Å². The molecule has 0 spiro atoms. The van der Waals surface area contributed by atoms with Crippen molar-refractivity contribution < 1.29 is 31.3 Å². The largest absolute Gasteiger partial charge is 0.489 e. The molecule has 0 radical (unpaired) electrons. The lowest BCUT2D eigenvalue weighted by molar-refractivity contribution is -0.119. The summed E-state index contributed by atoms with van der Waals surface area (Å²) in [6.45, 7) is 2.36. The van der Waals surface area contributed by atoms with Crippen molar-refractivity contribution in [2.45, 2.75) is 32.5 Å². The molecular formula is C25H28F2N2O5S. The summed E-state index contributed by atoms with van der Waals surface area (Å²) in [5.41, 5.74) is 8.62. The molecule has 0 saturated heterocycles. The molecule has 0 aromatic heterocycles. The number of amides is 1. The molecule has 0 heterocycles. The molecule has 0 unspecified atom stereocenters. The van der Waals surface area contributed by atoms with Crippen molar-refractivity contribution in [3.05, 3.63) is 101 Å². The van der Waals surface area contributed by atoms with Gasteiger partial charge in [-0.3, -0.25) is 9.35 Å². The second-order valence-corrected chi connectivity index (χ2v) is 9.37. The van der Waals surface area contributed by atoms with Crippen LogP contribution in [-0.4, -0.2) is 31.2 Å². The second-order valence-electron chi connectivity index (χ2n) is 7.91. The Kier molecular flexibility index (Phi) is 10.3. The molecular weight excluding hydrogens is 478 g/mol. The highest BCUT2D eigenvalue weighted by Crippen LogP contribution is 2.25. The average Bonchev–Trinajstić information content (AvgIpc) is 2.75. The predicted octanol–water partition coefficient (Wildman–Crippen LogP) is 3.60. The average molecular weight is 507 g/mol. The molecule has 3 aromatic rings. The van der Waals surface area contributed by atoms with Crippen LogP contribution in [0.25, 0.3) is 0 Å². The van der Waals surface area contributed by atoms with Gasteiger partial charge < -0.3 is 15.8 Å². The van der Waals surface area contributed by atoms with Crippen molar-refractivity contribution in [3.63, 3.8) is 0 Å². The summed E-state index contributed by atoms with van der Waals surface area (Å²) < 4.78 is 58.9. The van der Waals surface area contributed by atoms with E-state index in [1.165, 1.54) is 24.3 Å². The fourth-order valence-electron chi connectivity index (χ4n) is 3.05. The zero-order valence-electron chi connectivity index (χ0n) is 19.4. The third-order valence-electron chi connectivity index (χ3n) is 4.73. The number of rotatable bonds is 9. The Bertz CT molecular complexity index is 1240. The van der Waals surface area contributed by atoms with Gasteiger partial charge in [-0.15, -0.1) is 0 Å². The minimum absolute atomic E-state index is 0.213. The highest BCUT2D eigenvalue weighted by Gasteiger charge is 2.11. The van der Waals surface area contributed by atoms with Gasteiger partial charge in [-0.2, -0.15) is 8.42 Å². The van der Waals surface area contributed by atoms with E-state index in [2.05, 4.69) is 5.32 Å². The van der Waals surface area contributed by atoms with Crippen LogP contribution in [0.1, 0.15) is 29.2 Å². The lowest BCUT2D eigenvalue weighted by Gasteiger charge is -2.15. The van der Waals surface area contributed by atoms with Crippen LogP contribution in [0.3, 0.4) is 0 Å². The molecule has 3 aromatic carbocycles. The number of hydrogen-bond donors (Lipinski definition) is 3. The molecule has 0 aliphatic carbocycles. The summed E-state index contributed by atoms with van der Waals surface area (Å²) in [6.07, 6.45) is 1.18. The first-order chi connectivity index (χ1) is 16.4. The van der Waals surface area contributed by atoms with Crippen LogP contribution in [0.2, 0.25) is 0 Å². The molecule has 1 atom stereocenters. The van der Waals surface area contributed by atoms with Crippen molar-refractivity contribution in [3.8, 4) is 5.75 Å². The minimum Gasteiger partial charge on any atom is -0.489 e. The van der Waals surface area contributed by atoms with E-state index < -0.39 is 22.1 Å². The highest BCUT2D eigenvalue weighted by molar-refractivity contribution is 7.85. The topological polar surface area (TPSA) is 119 Å². The van der Waals surface area contributed by atoms with Crippen molar-refractivity contribution >= 4 is 16.0 Å². The third-order valence-corrected chi connectivity index (χ3v) is 4.73. The van der Waals surface area contributed by atoms with Crippen molar-refractivity contribution in [1.29, 1.82) is 0 Å². The molecule has 4 N–H and O–H groups in total. The van der Waals surface area contributed by atoms with Crippen molar-refractivity contribution in [1.82, 2.24) is 5.32 Å². The molecule has 10 heteroatoms. The molecule has 35 heavy (non-hydrogen) atoms. The SMILES string of the molecule is CS(=O)(=O)O.C[C@H](NCc1ccc(OCc2cccc(F)c2)c(Cc2cccc(F)c2)c1)C(N)=O. The molecule has 7 nitrogen and oxygen atoms in total. The van der Waals surface area contributed by atoms with Gasteiger partial charge in [0.05, 0.1) is 12.3 Å². The maximum Gasteiger partial charge on any atom is 0.261 e. The number of benzene rings is 3. The predicted molar refractivity (Wildman–Crippen MR) is 129 cm³/mol. The molecule has 0 aliphatic rings. The lowest BCUT2D eigenvalue weighted by Crippen LogP contribution is -2.38. The smallest absolute Gasteiger partial charge is 0.261 e. The summed E-state index contributed by atoms with van der Waals surface area (Å²) in [7, 11) is -3.67. The number of halogens is 2. The van der Waals surface area contributed by atoms with Gasteiger partial charge in [0.15, 0.2) is 0 Å². The molecule has 1 amide bonds. The Morgan fingerprint density at radius 1 is 1.00 bits per heavy atom. The molecule has 188 valence electrons. The van der Waals surface area contributed by atoms with Crippen LogP contribution in [0.15, 0.2) is 66.7 Å². The minimum atomic E-state index is -3.67. The van der Waals surface area contributed by atoms with E-state index in [4.69, 9.17) is 15.0 Å². The van der Waals surface area contributed by atoms with Gasteiger partial charge in [0.1, 0.15) is 24.0 Å². The quantitative estimate of drug-likeness (QED) is 0.382. The highest BCUT2D eigenvalue weighted by atomic mass is 32.2. The van der Waals surface area contributed by atoms with Crippen LogP contribution in [-0.2, 0) is 34.5 Å². The standard InChI is InChI=1S/C24H24F2N2O2.CH4O3S/c1-16(24(27)29)28-14-18-8-9-23(30-15-19-5-3-7-22(26)13-19)20(11-18)10-17-4-2-6-21(25)12-17;1-5(2,3)4/h2-9,11-13,16,28H,10,14-15H2,1H3,(H2,27,29);1H3,(H,2,3,4)/t16-;/m0./s1. The second kappa shape index (κ2) is 12.9. The number of nitrogens with two attached hydrogens (primary N) is 1. The molecule has 0 aliphatic heterocycles. The van der Waals surface area contributed by atoms with Gasteiger partial charge in [-0.05, 0) is 59.5 Å². The van der Waals surface area contributed by atoms with E-state index in [-0.39, 0.29) is 18.2 Å². The summed E-state index contributed by atoms with van der Waals surface area (Å²) in [5.74, 6) is -0.413. The van der Waals surface area contributed by atoms with Gasteiger partial charge in [-0.1, -0.05) is 36.4 Å². The number of primary amides is 1. The molecule has 0 bridgehead atoms. The van der Waals surface area contributed by atoms with Crippen LogP contribution >= 0.6 is 0 Å². The van der Waals surface area contributed by atoms with Gasteiger partial charge in [0.2, 0.25) is 5.91 Å². The first-order valence-electron chi connectivity index (χ1n) is 10.6. The fourth-order valence-corrected chi connectivity index (χ4v) is 3.05. The number of carbonyl (C=O) groups excluding carboxylic acids is 1. The van der Waals surface area contributed by atoms with Gasteiger partial charge in [0.25, 0.3) is 10.1 Å². The van der Waals surface area contributed by atoms with Gasteiger partial charge >= 0.3 is 0 Å². The summed E-state index contributed by atoms with van der Waals surface area (Å²) >= 11 is 0. The Hall–Kier alpha value is -3.34. The van der Waals surface area contributed by atoms with E-state index in [9.17, 15) is 22.0 Å². The molecule has 0 fully saturated rings. The number of carbonyl (C=O) groups is 1. The Labute approximate surface area is 203 Å².